The van der Waals surface area contributed by atoms with Crippen molar-refractivity contribution in [1.29, 1.82) is 0 Å². The maximum atomic E-state index is 13.0. The van der Waals surface area contributed by atoms with Crippen LogP contribution in [0.25, 0.3) is 0 Å². The summed E-state index contributed by atoms with van der Waals surface area (Å²) in [5.41, 5.74) is -1.08. The summed E-state index contributed by atoms with van der Waals surface area (Å²) in [5.74, 6) is 0. The molecule has 1 aromatic carbocycles. The van der Waals surface area contributed by atoms with Gasteiger partial charge in [0, 0.05) is 6.04 Å². The SMILES string of the molecule is CNC1CCCCC1S(=O)(=O)c1ccccc1C(F)(F)F. The number of hydrogen-bond donors (Lipinski definition) is 1. The van der Waals surface area contributed by atoms with Crippen molar-refractivity contribution in [2.24, 2.45) is 0 Å². The zero-order valence-electron chi connectivity index (χ0n) is 11.7. The first-order chi connectivity index (χ1) is 9.78. The third-order valence-corrected chi connectivity index (χ3v) is 6.30. The summed E-state index contributed by atoms with van der Waals surface area (Å²) in [6.45, 7) is 0. The minimum absolute atomic E-state index is 0.301. The molecular weight excluding hydrogens is 303 g/mol. The van der Waals surface area contributed by atoms with E-state index >= 15 is 0 Å². The fraction of sp³-hybridized carbons (Fsp3) is 0.571. The van der Waals surface area contributed by atoms with Crippen molar-refractivity contribution in [3.63, 3.8) is 0 Å². The van der Waals surface area contributed by atoms with Gasteiger partial charge in [-0.2, -0.15) is 13.2 Å². The molecule has 0 spiro atoms. The zero-order chi connectivity index (χ0) is 15.7. The van der Waals surface area contributed by atoms with Gasteiger partial charge in [0.1, 0.15) is 0 Å². The maximum Gasteiger partial charge on any atom is 0.417 e. The van der Waals surface area contributed by atoms with Crippen molar-refractivity contribution >= 4 is 9.84 Å². The van der Waals surface area contributed by atoms with Crippen LogP contribution in [0.1, 0.15) is 31.2 Å². The molecule has 0 saturated heterocycles. The molecule has 1 N–H and O–H groups in total. The fourth-order valence-electron chi connectivity index (χ4n) is 2.91. The quantitative estimate of drug-likeness (QED) is 0.931. The number of sulfone groups is 1. The van der Waals surface area contributed by atoms with E-state index < -0.39 is 31.7 Å². The Kier molecular flexibility index (Phi) is 4.63. The van der Waals surface area contributed by atoms with E-state index in [0.717, 1.165) is 25.0 Å². The topological polar surface area (TPSA) is 46.2 Å². The van der Waals surface area contributed by atoms with Gasteiger partial charge >= 0.3 is 6.18 Å². The lowest BCUT2D eigenvalue weighted by molar-refractivity contribution is -0.139. The van der Waals surface area contributed by atoms with Gasteiger partial charge in [0.05, 0.1) is 15.7 Å². The number of rotatable bonds is 3. The van der Waals surface area contributed by atoms with Gasteiger partial charge in [-0.1, -0.05) is 25.0 Å². The highest BCUT2D eigenvalue weighted by atomic mass is 32.2. The largest absolute Gasteiger partial charge is 0.417 e. The Bertz CT molecular complexity index is 598. The van der Waals surface area contributed by atoms with Gasteiger partial charge in [0.2, 0.25) is 0 Å². The molecule has 7 heteroatoms. The standard InChI is InChI=1S/C14H18F3NO2S/c1-18-11-7-3-5-9-13(11)21(19,20)12-8-4-2-6-10(12)14(15,16)17/h2,4,6,8,11,13,18H,3,5,7,9H2,1H3. The Labute approximate surface area is 122 Å². The Morgan fingerprint density at radius 2 is 1.76 bits per heavy atom. The summed E-state index contributed by atoms with van der Waals surface area (Å²) in [5, 5.41) is 2.12. The lowest BCUT2D eigenvalue weighted by Gasteiger charge is -2.31. The van der Waals surface area contributed by atoms with Crippen molar-refractivity contribution in [2.45, 2.75) is 48.0 Å². The highest BCUT2D eigenvalue weighted by Gasteiger charge is 2.42. The van der Waals surface area contributed by atoms with E-state index in [1.54, 1.807) is 7.05 Å². The van der Waals surface area contributed by atoms with E-state index in [1.807, 2.05) is 0 Å². The summed E-state index contributed by atoms with van der Waals surface area (Å²) < 4.78 is 64.5. The maximum absolute atomic E-state index is 13.0. The second kappa shape index (κ2) is 5.96. The van der Waals surface area contributed by atoms with Crippen molar-refractivity contribution in [2.75, 3.05) is 7.05 Å². The molecule has 2 unspecified atom stereocenters. The molecule has 1 aliphatic carbocycles. The minimum atomic E-state index is -4.67. The number of hydrogen-bond acceptors (Lipinski definition) is 3. The summed E-state index contributed by atoms with van der Waals surface area (Å²) in [4.78, 5) is -0.607. The summed E-state index contributed by atoms with van der Waals surface area (Å²) >= 11 is 0. The normalized spacial score (nSPS) is 24.0. The van der Waals surface area contributed by atoms with Crippen molar-refractivity contribution in [3.8, 4) is 0 Å². The molecule has 3 nitrogen and oxygen atoms in total. The van der Waals surface area contributed by atoms with Crippen LogP contribution in [0.3, 0.4) is 0 Å². The number of nitrogens with one attached hydrogen (secondary N) is 1. The van der Waals surface area contributed by atoms with Crippen LogP contribution >= 0.6 is 0 Å². The molecule has 0 aliphatic heterocycles. The average Bonchev–Trinajstić information content (AvgIpc) is 2.46. The van der Waals surface area contributed by atoms with E-state index in [4.69, 9.17) is 0 Å². The predicted octanol–water partition coefficient (Wildman–Crippen LogP) is 3.01. The fourth-order valence-corrected chi connectivity index (χ4v) is 5.18. The van der Waals surface area contributed by atoms with Crippen LogP contribution in [0.4, 0.5) is 13.2 Å². The Morgan fingerprint density at radius 1 is 1.14 bits per heavy atom. The predicted molar refractivity (Wildman–Crippen MR) is 73.7 cm³/mol. The van der Waals surface area contributed by atoms with Crippen molar-refractivity contribution in [1.82, 2.24) is 5.32 Å². The monoisotopic (exact) mass is 321 g/mol. The van der Waals surface area contributed by atoms with Crippen molar-refractivity contribution < 1.29 is 21.6 Å². The lowest BCUT2D eigenvalue weighted by Crippen LogP contribution is -2.45. The van der Waals surface area contributed by atoms with Crippen LogP contribution in [-0.4, -0.2) is 26.8 Å². The molecule has 1 aliphatic rings. The smallest absolute Gasteiger partial charge is 0.316 e. The van der Waals surface area contributed by atoms with Crippen molar-refractivity contribution in [3.05, 3.63) is 29.8 Å². The molecule has 2 atom stereocenters. The van der Waals surface area contributed by atoms with E-state index in [-0.39, 0.29) is 6.04 Å². The molecule has 21 heavy (non-hydrogen) atoms. The Balaban J connectivity index is 2.49. The van der Waals surface area contributed by atoms with Gasteiger partial charge < -0.3 is 5.32 Å². The number of benzene rings is 1. The Hall–Kier alpha value is -1.08. The highest BCUT2D eigenvalue weighted by molar-refractivity contribution is 7.92. The van der Waals surface area contributed by atoms with Gasteiger partial charge in [-0.15, -0.1) is 0 Å². The second-order valence-corrected chi connectivity index (χ2v) is 7.39. The third kappa shape index (κ3) is 3.23. The first-order valence-corrected chi connectivity index (χ1v) is 8.40. The van der Waals surface area contributed by atoms with Gasteiger partial charge in [0.25, 0.3) is 0 Å². The molecule has 0 heterocycles. The molecule has 0 aromatic heterocycles. The lowest BCUT2D eigenvalue weighted by atomic mass is 9.95. The van der Waals surface area contributed by atoms with E-state index in [0.29, 0.717) is 12.8 Å². The number of halogens is 3. The molecule has 1 aromatic rings. The van der Waals surface area contributed by atoms with Crippen LogP contribution in [0, 0.1) is 0 Å². The molecular formula is C14H18F3NO2S. The van der Waals surface area contributed by atoms with Crippen LogP contribution < -0.4 is 5.32 Å². The van der Waals surface area contributed by atoms with Crippen LogP contribution in [-0.2, 0) is 16.0 Å². The van der Waals surface area contributed by atoms with Gasteiger partial charge in [-0.05, 0) is 32.0 Å². The third-order valence-electron chi connectivity index (χ3n) is 3.97. The van der Waals surface area contributed by atoms with Gasteiger partial charge in [-0.25, -0.2) is 8.42 Å². The van der Waals surface area contributed by atoms with Crippen LogP contribution in [0.5, 0.6) is 0 Å². The second-order valence-electron chi connectivity index (χ2n) is 5.26. The van der Waals surface area contributed by atoms with E-state index in [1.165, 1.54) is 12.1 Å². The van der Waals surface area contributed by atoms with Crippen LogP contribution in [0.15, 0.2) is 29.2 Å². The average molecular weight is 321 g/mol. The molecule has 118 valence electrons. The zero-order valence-corrected chi connectivity index (χ0v) is 12.5. The summed E-state index contributed by atoms with van der Waals surface area (Å²) in [6, 6.07) is 4.12. The first kappa shape index (κ1) is 16.3. The molecule has 0 radical (unpaired) electrons. The Morgan fingerprint density at radius 3 is 2.38 bits per heavy atom. The van der Waals surface area contributed by atoms with Gasteiger partial charge in [-0.3, -0.25) is 0 Å². The number of alkyl halides is 3. The first-order valence-electron chi connectivity index (χ1n) is 6.86. The van der Waals surface area contributed by atoms with E-state index in [2.05, 4.69) is 5.32 Å². The van der Waals surface area contributed by atoms with E-state index in [9.17, 15) is 21.6 Å². The summed E-state index contributed by atoms with van der Waals surface area (Å²) in [6.07, 6.45) is -2.02. The highest BCUT2D eigenvalue weighted by Crippen LogP contribution is 2.37. The molecule has 2 rings (SSSR count). The minimum Gasteiger partial charge on any atom is -0.316 e. The molecule has 1 fully saturated rings. The summed E-state index contributed by atoms with van der Waals surface area (Å²) in [7, 11) is -2.37. The molecule has 0 bridgehead atoms. The molecule has 0 amide bonds. The molecule has 1 saturated carbocycles. The van der Waals surface area contributed by atoms with Crippen LogP contribution in [0.2, 0.25) is 0 Å². The van der Waals surface area contributed by atoms with Gasteiger partial charge in [0.15, 0.2) is 9.84 Å².